The molecule has 1 saturated heterocycles. The zero-order valence-corrected chi connectivity index (χ0v) is 20.2. The van der Waals surface area contributed by atoms with Gasteiger partial charge in [-0.3, -0.25) is 14.5 Å². The molecule has 1 fully saturated rings. The number of carboxylic acid groups (broad SMARTS) is 1. The molecule has 1 aliphatic rings. The van der Waals surface area contributed by atoms with Crippen molar-refractivity contribution in [2.45, 2.75) is 39.7 Å². The minimum Gasteiger partial charge on any atom is -0.493 e. The fourth-order valence-electron chi connectivity index (χ4n) is 3.07. The van der Waals surface area contributed by atoms with Crippen LogP contribution in [0.3, 0.4) is 0 Å². The van der Waals surface area contributed by atoms with Gasteiger partial charge >= 0.3 is 5.97 Å². The molecule has 0 saturated carbocycles. The van der Waals surface area contributed by atoms with Crippen molar-refractivity contribution in [2.75, 3.05) is 20.3 Å². The Morgan fingerprint density at radius 3 is 2.62 bits per heavy atom. The van der Waals surface area contributed by atoms with Gasteiger partial charge in [0.25, 0.3) is 5.91 Å². The van der Waals surface area contributed by atoms with Gasteiger partial charge in [-0.1, -0.05) is 43.9 Å². The van der Waals surface area contributed by atoms with Crippen molar-refractivity contribution in [3.63, 3.8) is 0 Å². The number of aliphatic carboxylic acids is 1. The van der Waals surface area contributed by atoms with Crippen molar-refractivity contribution in [2.24, 2.45) is 5.92 Å². The largest absolute Gasteiger partial charge is 0.493 e. The van der Waals surface area contributed by atoms with Crippen LogP contribution in [0.15, 0.2) is 23.1 Å². The van der Waals surface area contributed by atoms with Gasteiger partial charge in [0.15, 0.2) is 11.5 Å². The highest BCUT2D eigenvalue weighted by Crippen LogP contribution is 2.34. The third kappa shape index (κ3) is 6.96. The Kier molecular flexibility index (Phi) is 9.52. The molecule has 2 N–H and O–H groups in total. The quantitative estimate of drug-likeness (QED) is 0.367. The standard InChI is InChI=1S/C22H28N2O6S2/c1-5-30-16-7-6-14(11-17(16)29-4)12-18-20(26)24(22(31)32-18)9-8-19(25)23-15(21(27)28)10-13(2)3/h6-7,11-13,15H,5,8-10H2,1-4H3,(H,23,25)(H,27,28)/b18-12-. The molecule has 1 unspecified atom stereocenters. The molecular weight excluding hydrogens is 452 g/mol. The van der Waals surface area contributed by atoms with Crippen molar-refractivity contribution in [1.29, 1.82) is 0 Å². The third-order valence-electron chi connectivity index (χ3n) is 4.56. The molecule has 1 aromatic rings. The lowest BCUT2D eigenvalue weighted by Gasteiger charge is -2.18. The number of amides is 2. The summed E-state index contributed by atoms with van der Waals surface area (Å²) in [4.78, 5) is 38.2. The Bertz CT molecular complexity index is 916. The SMILES string of the molecule is CCOc1ccc(/C=C2\SC(=S)N(CCC(=O)NC(CC(C)C)C(=O)O)C2=O)cc1OC. The topological polar surface area (TPSA) is 105 Å². The molecule has 8 nitrogen and oxygen atoms in total. The predicted octanol–water partition coefficient (Wildman–Crippen LogP) is 3.30. The Morgan fingerprint density at radius 1 is 1.31 bits per heavy atom. The van der Waals surface area contributed by atoms with Gasteiger partial charge in [0.2, 0.25) is 5.91 Å². The van der Waals surface area contributed by atoms with E-state index in [1.54, 1.807) is 25.3 Å². The molecule has 0 radical (unpaired) electrons. The number of thioether (sulfide) groups is 1. The van der Waals surface area contributed by atoms with E-state index in [0.717, 1.165) is 17.3 Å². The number of carbonyl (C=O) groups excluding carboxylic acids is 2. The van der Waals surface area contributed by atoms with Crippen LogP contribution in [0, 0.1) is 5.92 Å². The van der Waals surface area contributed by atoms with Gasteiger partial charge < -0.3 is 19.9 Å². The van der Waals surface area contributed by atoms with Crippen molar-refractivity contribution in [3.8, 4) is 11.5 Å². The van der Waals surface area contributed by atoms with Crippen LogP contribution in [0.4, 0.5) is 0 Å². The number of ether oxygens (including phenoxy) is 2. The fourth-order valence-corrected chi connectivity index (χ4v) is 4.37. The van der Waals surface area contributed by atoms with Gasteiger partial charge in [-0.2, -0.15) is 0 Å². The van der Waals surface area contributed by atoms with Crippen LogP contribution in [0.1, 0.15) is 39.2 Å². The number of carboxylic acids is 1. The average molecular weight is 481 g/mol. The summed E-state index contributed by atoms with van der Waals surface area (Å²) in [5.74, 6) is -0.518. The number of nitrogens with one attached hydrogen (secondary N) is 1. The van der Waals surface area contributed by atoms with E-state index in [4.69, 9.17) is 21.7 Å². The van der Waals surface area contributed by atoms with Gasteiger partial charge in [0, 0.05) is 13.0 Å². The molecule has 0 spiro atoms. The normalized spacial score (nSPS) is 15.9. The first kappa shape index (κ1) is 25.7. The number of carbonyl (C=O) groups is 3. The summed E-state index contributed by atoms with van der Waals surface area (Å²) in [5, 5.41) is 11.8. The minimum absolute atomic E-state index is 0.0432. The first-order valence-electron chi connectivity index (χ1n) is 10.2. The summed E-state index contributed by atoms with van der Waals surface area (Å²) in [6.07, 6.45) is 2.00. The molecule has 0 bridgehead atoms. The van der Waals surface area contributed by atoms with Crippen molar-refractivity contribution < 1.29 is 29.0 Å². The maximum Gasteiger partial charge on any atom is 0.326 e. The predicted molar refractivity (Wildman–Crippen MR) is 128 cm³/mol. The van der Waals surface area contributed by atoms with E-state index in [2.05, 4.69) is 5.32 Å². The summed E-state index contributed by atoms with van der Waals surface area (Å²) in [5.41, 5.74) is 0.751. The molecule has 1 heterocycles. The van der Waals surface area contributed by atoms with E-state index in [-0.39, 0.29) is 24.8 Å². The molecule has 10 heteroatoms. The number of hydrogen-bond donors (Lipinski definition) is 2. The lowest BCUT2D eigenvalue weighted by atomic mass is 10.0. The Morgan fingerprint density at radius 2 is 2.03 bits per heavy atom. The van der Waals surface area contributed by atoms with Crippen LogP contribution in [-0.4, -0.2) is 58.4 Å². The molecule has 32 heavy (non-hydrogen) atoms. The van der Waals surface area contributed by atoms with Crippen molar-refractivity contribution >= 4 is 52.2 Å². The number of benzene rings is 1. The summed E-state index contributed by atoms with van der Waals surface area (Å²) in [6.45, 7) is 6.23. The Labute approximate surface area is 197 Å². The highest BCUT2D eigenvalue weighted by Gasteiger charge is 2.32. The zero-order valence-electron chi connectivity index (χ0n) is 18.5. The van der Waals surface area contributed by atoms with Crippen LogP contribution < -0.4 is 14.8 Å². The van der Waals surface area contributed by atoms with E-state index in [1.165, 1.54) is 4.90 Å². The summed E-state index contributed by atoms with van der Waals surface area (Å²) in [6, 6.07) is 4.40. The lowest BCUT2D eigenvalue weighted by Crippen LogP contribution is -2.43. The molecule has 0 aliphatic carbocycles. The first-order chi connectivity index (χ1) is 15.2. The molecule has 1 aromatic carbocycles. The monoisotopic (exact) mass is 480 g/mol. The molecule has 2 amide bonds. The summed E-state index contributed by atoms with van der Waals surface area (Å²) < 4.78 is 11.2. The maximum atomic E-state index is 12.8. The van der Waals surface area contributed by atoms with Crippen molar-refractivity contribution in [1.82, 2.24) is 10.2 Å². The number of thiocarbonyl (C=S) groups is 1. The average Bonchev–Trinajstić information content (AvgIpc) is 2.99. The Hall–Kier alpha value is -2.59. The molecule has 1 aliphatic heterocycles. The lowest BCUT2D eigenvalue weighted by molar-refractivity contribution is -0.142. The second kappa shape index (κ2) is 11.9. The van der Waals surface area contributed by atoms with E-state index in [1.807, 2.05) is 26.8 Å². The maximum absolute atomic E-state index is 12.8. The molecular formula is C22H28N2O6S2. The van der Waals surface area contributed by atoms with E-state index in [0.29, 0.717) is 33.8 Å². The number of rotatable bonds is 11. The molecule has 0 aromatic heterocycles. The zero-order chi connectivity index (χ0) is 23.8. The highest BCUT2D eigenvalue weighted by molar-refractivity contribution is 8.26. The smallest absolute Gasteiger partial charge is 0.326 e. The third-order valence-corrected chi connectivity index (χ3v) is 5.94. The van der Waals surface area contributed by atoms with Crippen LogP contribution in [0.5, 0.6) is 11.5 Å². The van der Waals surface area contributed by atoms with Gasteiger partial charge in [0.1, 0.15) is 10.4 Å². The van der Waals surface area contributed by atoms with Gasteiger partial charge in [-0.25, -0.2) is 4.79 Å². The number of nitrogens with zero attached hydrogens (tertiary/aromatic N) is 1. The molecule has 174 valence electrons. The summed E-state index contributed by atoms with van der Waals surface area (Å²) >= 11 is 6.46. The van der Waals surface area contributed by atoms with Gasteiger partial charge in [-0.05, 0) is 43.0 Å². The van der Waals surface area contributed by atoms with Crippen LogP contribution in [-0.2, 0) is 14.4 Å². The highest BCUT2D eigenvalue weighted by atomic mass is 32.2. The first-order valence-corrected chi connectivity index (χ1v) is 11.5. The fraction of sp³-hybridized carbons (Fsp3) is 0.455. The summed E-state index contributed by atoms with van der Waals surface area (Å²) in [7, 11) is 1.54. The molecule has 2 rings (SSSR count). The van der Waals surface area contributed by atoms with E-state index >= 15 is 0 Å². The minimum atomic E-state index is -1.08. The second-order valence-corrected chi connectivity index (χ2v) is 9.19. The van der Waals surface area contributed by atoms with Crippen LogP contribution >= 0.6 is 24.0 Å². The number of hydrogen-bond acceptors (Lipinski definition) is 7. The van der Waals surface area contributed by atoms with Gasteiger partial charge in [-0.15, -0.1) is 0 Å². The van der Waals surface area contributed by atoms with Crippen molar-refractivity contribution in [3.05, 3.63) is 28.7 Å². The van der Waals surface area contributed by atoms with Crippen LogP contribution in [0.2, 0.25) is 0 Å². The Balaban J connectivity index is 2.03. The van der Waals surface area contributed by atoms with Gasteiger partial charge in [0.05, 0.1) is 18.6 Å². The van der Waals surface area contributed by atoms with Crippen LogP contribution in [0.25, 0.3) is 6.08 Å². The number of methoxy groups -OCH3 is 1. The van der Waals surface area contributed by atoms with E-state index < -0.39 is 17.9 Å². The molecule has 1 atom stereocenters. The van der Waals surface area contributed by atoms with E-state index in [9.17, 15) is 19.5 Å². The second-order valence-electron chi connectivity index (χ2n) is 7.51.